The Morgan fingerprint density at radius 1 is 1.25 bits per heavy atom. The SMILES string of the molecule is NC(Cn1cccnc1=O)c1ccccc1C(F)(F)F. The summed E-state index contributed by atoms with van der Waals surface area (Å²) >= 11 is 0. The number of aromatic nitrogens is 2. The van der Waals surface area contributed by atoms with Crippen molar-refractivity contribution in [2.24, 2.45) is 5.73 Å². The third-order valence-corrected chi connectivity index (χ3v) is 2.84. The van der Waals surface area contributed by atoms with Crippen LogP contribution in [0.4, 0.5) is 13.2 Å². The van der Waals surface area contributed by atoms with E-state index in [-0.39, 0.29) is 12.1 Å². The molecule has 0 amide bonds. The van der Waals surface area contributed by atoms with Crippen LogP contribution in [0.3, 0.4) is 0 Å². The molecule has 106 valence electrons. The Labute approximate surface area is 112 Å². The summed E-state index contributed by atoms with van der Waals surface area (Å²) in [7, 11) is 0. The number of hydrogen-bond donors (Lipinski definition) is 1. The molecule has 0 saturated carbocycles. The number of nitrogens with zero attached hydrogens (tertiary/aromatic N) is 2. The van der Waals surface area contributed by atoms with Crippen molar-refractivity contribution >= 4 is 0 Å². The summed E-state index contributed by atoms with van der Waals surface area (Å²) in [6.45, 7) is -0.0697. The van der Waals surface area contributed by atoms with Crippen LogP contribution in [-0.2, 0) is 12.7 Å². The Bertz CT molecular complexity index is 652. The Hall–Kier alpha value is -2.15. The fourth-order valence-corrected chi connectivity index (χ4v) is 1.91. The predicted molar refractivity (Wildman–Crippen MR) is 66.9 cm³/mol. The molecule has 1 aromatic heterocycles. The van der Waals surface area contributed by atoms with Crippen LogP contribution in [-0.4, -0.2) is 9.55 Å². The number of hydrogen-bond acceptors (Lipinski definition) is 3. The molecule has 7 heteroatoms. The molecule has 20 heavy (non-hydrogen) atoms. The van der Waals surface area contributed by atoms with E-state index in [4.69, 9.17) is 5.73 Å². The highest BCUT2D eigenvalue weighted by atomic mass is 19.4. The lowest BCUT2D eigenvalue weighted by Gasteiger charge is -2.18. The van der Waals surface area contributed by atoms with Gasteiger partial charge in [-0.25, -0.2) is 9.78 Å². The molecule has 1 atom stereocenters. The molecule has 1 heterocycles. The van der Waals surface area contributed by atoms with E-state index in [0.717, 1.165) is 6.07 Å². The van der Waals surface area contributed by atoms with Gasteiger partial charge in [0.1, 0.15) is 0 Å². The molecular weight excluding hydrogens is 271 g/mol. The zero-order valence-electron chi connectivity index (χ0n) is 10.3. The number of nitrogens with two attached hydrogens (primary N) is 1. The summed E-state index contributed by atoms with van der Waals surface area (Å²) in [6, 6.07) is 5.64. The summed E-state index contributed by atoms with van der Waals surface area (Å²) < 4.78 is 39.8. The van der Waals surface area contributed by atoms with Crippen molar-refractivity contribution in [3.8, 4) is 0 Å². The fraction of sp³-hybridized carbons (Fsp3) is 0.231. The van der Waals surface area contributed by atoms with Crippen molar-refractivity contribution in [1.29, 1.82) is 0 Å². The minimum Gasteiger partial charge on any atom is -0.322 e. The van der Waals surface area contributed by atoms with E-state index in [0.29, 0.717) is 0 Å². The average Bonchev–Trinajstić information content (AvgIpc) is 2.40. The molecule has 1 aromatic carbocycles. The monoisotopic (exact) mass is 283 g/mol. The van der Waals surface area contributed by atoms with Crippen molar-refractivity contribution in [3.63, 3.8) is 0 Å². The smallest absolute Gasteiger partial charge is 0.322 e. The van der Waals surface area contributed by atoms with E-state index in [9.17, 15) is 18.0 Å². The Kier molecular flexibility index (Phi) is 3.89. The zero-order valence-corrected chi connectivity index (χ0v) is 10.3. The predicted octanol–water partition coefficient (Wildman–Crippen LogP) is 1.96. The van der Waals surface area contributed by atoms with Crippen molar-refractivity contribution in [1.82, 2.24) is 9.55 Å². The van der Waals surface area contributed by atoms with Gasteiger partial charge in [0.05, 0.1) is 5.56 Å². The quantitative estimate of drug-likeness (QED) is 0.936. The maximum Gasteiger partial charge on any atom is 0.416 e. The van der Waals surface area contributed by atoms with Gasteiger partial charge in [-0.15, -0.1) is 0 Å². The van der Waals surface area contributed by atoms with Gasteiger partial charge in [-0.05, 0) is 17.7 Å². The third-order valence-electron chi connectivity index (χ3n) is 2.84. The first-order valence-corrected chi connectivity index (χ1v) is 5.83. The van der Waals surface area contributed by atoms with Crippen LogP contribution in [0.5, 0.6) is 0 Å². The van der Waals surface area contributed by atoms with E-state index in [1.165, 1.54) is 41.2 Å². The standard InChI is InChI=1S/C13H12F3N3O/c14-13(15,16)10-5-2-1-4-9(10)11(17)8-19-7-3-6-18-12(19)20/h1-7,11H,8,17H2. The molecule has 0 spiro atoms. The van der Waals surface area contributed by atoms with Crippen molar-refractivity contribution < 1.29 is 13.2 Å². The number of alkyl halides is 3. The van der Waals surface area contributed by atoms with Crippen molar-refractivity contribution in [3.05, 3.63) is 64.3 Å². The molecule has 0 radical (unpaired) electrons. The molecule has 2 N–H and O–H groups in total. The Morgan fingerprint density at radius 3 is 2.60 bits per heavy atom. The summed E-state index contributed by atoms with van der Waals surface area (Å²) in [5.41, 5.74) is 4.42. The second-order valence-electron chi connectivity index (χ2n) is 4.25. The summed E-state index contributed by atoms with van der Waals surface area (Å²) in [5, 5.41) is 0. The van der Waals surface area contributed by atoms with Crippen LogP contribution >= 0.6 is 0 Å². The zero-order chi connectivity index (χ0) is 14.8. The van der Waals surface area contributed by atoms with Gasteiger partial charge < -0.3 is 5.73 Å². The lowest BCUT2D eigenvalue weighted by molar-refractivity contribution is -0.138. The van der Waals surface area contributed by atoms with Gasteiger partial charge in [0.25, 0.3) is 0 Å². The van der Waals surface area contributed by atoms with Gasteiger partial charge in [-0.2, -0.15) is 13.2 Å². The molecule has 0 fully saturated rings. The van der Waals surface area contributed by atoms with Gasteiger partial charge in [0.15, 0.2) is 0 Å². The number of rotatable bonds is 3. The molecule has 4 nitrogen and oxygen atoms in total. The molecule has 1 unspecified atom stereocenters. The lowest BCUT2D eigenvalue weighted by Crippen LogP contribution is -2.28. The van der Waals surface area contributed by atoms with Crippen LogP contribution in [0.1, 0.15) is 17.2 Å². The van der Waals surface area contributed by atoms with Crippen LogP contribution in [0.25, 0.3) is 0 Å². The molecule has 2 rings (SSSR count). The van der Waals surface area contributed by atoms with Crippen LogP contribution in [0.15, 0.2) is 47.5 Å². The van der Waals surface area contributed by atoms with Crippen LogP contribution in [0, 0.1) is 0 Å². The minimum atomic E-state index is -4.48. The second kappa shape index (κ2) is 5.46. The summed E-state index contributed by atoms with van der Waals surface area (Å²) in [5.74, 6) is 0. The first-order valence-electron chi connectivity index (χ1n) is 5.83. The minimum absolute atomic E-state index is 0.0456. The Morgan fingerprint density at radius 2 is 1.95 bits per heavy atom. The number of benzene rings is 1. The molecule has 2 aromatic rings. The first-order chi connectivity index (χ1) is 9.39. The highest BCUT2D eigenvalue weighted by molar-refractivity contribution is 5.32. The summed E-state index contributed by atoms with van der Waals surface area (Å²) in [4.78, 5) is 15.0. The summed E-state index contributed by atoms with van der Waals surface area (Å²) in [6.07, 6.45) is -1.73. The van der Waals surface area contributed by atoms with Crippen molar-refractivity contribution in [2.45, 2.75) is 18.8 Å². The second-order valence-corrected chi connectivity index (χ2v) is 4.25. The normalized spacial score (nSPS) is 13.2. The van der Waals surface area contributed by atoms with Gasteiger partial charge in [-0.3, -0.25) is 4.57 Å². The van der Waals surface area contributed by atoms with Gasteiger partial charge in [0.2, 0.25) is 0 Å². The molecule has 0 aliphatic heterocycles. The number of halogens is 3. The molecular formula is C13H12F3N3O. The highest BCUT2D eigenvalue weighted by Crippen LogP contribution is 2.34. The van der Waals surface area contributed by atoms with E-state index in [1.807, 2.05) is 0 Å². The largest absolute Gasteiger partial charge is 0.416 e. The maximum absolute atomic E-state index is 12.9. The van der Waals surface area contributed by atoms with Crippen LogP contribution < -0.4 is 11.4 Å². The van der Waals surface area contributed by atoms with E-state index in [2.05, 4.69) is 4.98 Å². The lowest BCUT2D eigenvalue weighted by atomic mass is 10.0. The third kappa shape index (κ3) is 3.05. The van der Waals surface area contributed by atoms with Gasteiger partial charge in [0, 0.05) is 25.0 Å². The Balaban J connectivity index is 2.33. The molecule has 0 aliphatic carbocycles. The van der Waals surface area contributed by atoms with Crippen molar-refractivity contribution in [2.75, 3.05) is 0 Å². The molecule has 0 saturated heterocycles. The first kappa shape index (κ1) is 14.3. The average molecular weight is 283 g/mol. The maximum atomic E-state index is 12.9. The van der Waals surface area contributed by atoms with E-state index < -0.39 is 23.5 Å². The molecule has 0 aliphatic rings. The van der Waals surface area contributed by atoms with E-state index >= 15 is 0 Å². The van der Waals surface area contributed by atoms with Gasteiger partial charge in [-0.1, -0.05) is 18.2 Å². The van der Waals surface area contributed by atoms with Crippen LogP contribution in [0.2, 0.25) is 0 Å². The topological polar surface area (TPSA) is 60.9 Å². The van der Waals surface area contributed by atoms with E-state index in [1.54, 1.807) is 0 Å². The molecule has 0 bridgehead atoms. The van der Waals surface area contributed by atoms with Gasteiger partial charge >= 0.3 is 11.9 Å². The fourth-order valence-electron chi connectivity index (χ4n) is 1.91. The highest BCUT2D eigenvalue weighted by Gasteiger charge is 2.34.